The fourth-order valence-electron chi connectivity index (χ4n) is 5.33. The molecule has 3 heteroatoms. The molecule has 0 radical (unpaired) electrons. The lowest BCUT2D eigenvalue weighted by molar-refractivity contribution is -0.969. The second kappa shape index (κ2) is 6.49. The molecule has 2 aromatic rings. The van der Waals surface area contributed by atoms with Gasteiger partial charge in [0.25, 0.3) is 0 Å². The van der Waals surface area contributed by atoms with Crippen molar-refractivity contribution < 1.29 is 17.3 Å². The minimum Gasteiger partial charge on any atom is -1.00 e. The van der Waals surface area contributed by atoms with Crippen LogP contribution in [0.1, 0.15) is 57.2 Å². The first-order valence-electron chi connectivity index (χ1n) is 9.20. The van der Waals surface area contributed by atoms with Gasteiger partial charge < -0.3 is 22.3 Å². The molecule has 0 bridgehead atoms. The normalized spacial score (nSPS) is 30.2. The summed E-state index contributed by atoms with van der Waals surface area (Å²) in [4.78, 5) is 5.70. The molecule has 23 heavy (non-hydrogen) atoms. The molecule has 3 atom stereocenters. The number of para-hydroxylation sites is 1. The smallest absolute Gasteiger partial charge is 0.138 e. The lowest BCUT2D eigenvalue weighted by Crippen LogP contribution is -3.20. The molecule has 126 valence electrons. The number of halogens is 1. The van der Waals surface area contributed by atoms with Gasteiger partial charge in [-0.1, -0.05) is 31.5 Å². The number of quaternary nitrogens is 1. The molecule has 0 amide bonds. The van der Waals surface area contributed by atoms with Crippen LogP contribution in [0.3, 0.4) is 0 Å². The third-order valence-corrected chi connectivity index (χ3v) is 6.46. The number of piperidine rings is 1. The maximum absolute atomic E-state index is 3.86. The number of aromatic amines is 1. The van der Waals surface area contributed by atoms with Crippen molar-refractivity contribution in [2.45, 2.75) is 57.9 Å². The van der Waals surface area contributed by atoms with E-state index < -0.39 is 0 Å². The Bertz CT molecular complexity index is 675. The summed E-state index contributed by atoms with van der Waals surface area (Å²) >= 11 is 0. The van der Waals surface area contributed by atoms with Crippen molar-refractivity contribution >= 4 is 10.9 Å². The Balaban J connectivity index is 0.00000156. The van der Waals surface area contributed by atoms with Gasteiger partial charge in [0.2, 0.25) is 0 Å². The average Bonchev–Trinajstić information content (AvgIpc) is 2.84. The van der Waals surface area contributed by atoms with Gasteiger partial charge >= 0.3 is 0 Å². The first-order chi connectivity index (χ1) is 10.7. The van der Waals surface area contributed by atoms with E-state index in [9.17, 15) is 0 Å². The summed E-state index contributed by atoms with van der Waals surface area (Å²) in [7, 11) is 0. The highest BCUT2D eigenvalue weighted by Gasteiger charge is 2.50. The Labute approximate surface area is 146 Å². The molecule has 2 aliphatic rings. The predicted molar refractivity (Wildman–Crippen MR) is 92.3 cm³/mol. The van der Waals surface area contributed by atoms with Crippen molar-refractivity contribution in [1.29, 1.82) is 0 Å². The lowest BCUT2D eigenvalue weighted by Gasteiger charge is -2.46. The van der Waals surface area contributed by atoms with Gasteiger partial charge in [0.15, 0.2) is 0 Å². The third-order valence-electron chi connectivity index (χ3n) is 6.46. The second-order valence-electron chi connectivity index (χ2n) is 7.56. The molecular weight excluding hydrogens is 304 g/mol. The SMILES string of the molecule is CCCC1CCC[NH+]2CCCc3c([nH]c4ccccc34)C12C.[Cl-]. The fraction of sp³-hybridized carbons (Fsp3) is 0.600. The minimum atomic E-state index is 0. The van der Waals surface area contributed by atoms with Crippen LogP contribution in [0.5, 0.6) is 0 Å². The number of H-pyrrole nitrogens is 1. The van der Waals surface area contributed by atoms with E-state index in [1.165, 1.54) is 62.5 Å². The van der Waals surface area contributed by atoms with Crippen molar-refractivity contribution in [3.63, 3.8) is 0 Å². The molecule has 0 saturated carbocycles. The molecule has 2 N–H and O–H groups in total. The first-order valence-corrected chi connectivity index (χ1v) is 9.20. The number of benzene rings is 1. The third kappa shape index (κ3) is 2.51. The van der Waals surface area contributed by atoms with Crippen LogP contribution in [0.2, 0.25) is 0 Å². The highest BCUT2D eigenvalue weighted by molar-refractivity contribution is 5.85. The van der Waals surface area contributed by atoms with Crippen LogP contribution in [0, 0.1) is 5.92 Å². The molecule has 4 rings (SSSR count). The molecular formula is C20H29ClN2. The van der Waals surface area contributed by atoms with Crippen LogP contribution < -0.4 is 17.3 Å². The summed E-state index contributed by atoms with van der Waals surface area (Å²) in [5.41, 5.74) is 4.82. The Morgan fingerprint density at radius 1 is 1.22 bits per heavy atom. The summed E-state index contributed by atoms with van der Waals surface area (Å²) in [5.74, 6) is 0.825. The van der Waals surface area contributed by atoms with Gasteiger partial charge in [-0.2, -0.15) is 0 Å². The van der Waals surface area contributed by atoms with Gasteiger partial charge in [-0.05, 0) is 44.2 Å². The standard InChI is InChI=1S/C20H28N2.ClH/c1-3-8-15-9-6-13-22-14-7-11-17-16-10-4-5-12-18(16)21-19(17)20(15,22)2;/h4-5,10,12,15,21H,3,6-9,11,13-14H2,1-2H3;1H. The fourth-order valence-corrected chi connectivity index (χ4v) is 5.33. The molecule has 0 spiro atoms. The predicted octanol–water partition coefficient (Wildman–Crippen LogP) is 0.428. The molecule has 1 aromatic heterocycles. The Kier molecular flexibility index (Phi) is 4.75. The van der Waals surface area contributed by atoms with Crippen molar-refractivity contribution in [1.82, 2.24) is 4.98 Å². The monoisotopic (exact) mass is 332 g/mol. The van der Waals surface area contributed by atoms with E-state index in [2.05, 4.69) is 43.1 Å². The van der Waals surface area contributed by atoms with Gasteiger partial charge in [-0.3, -0.25) is 0 Å². The largest absolute Gasteiger partial charge is 1.00 e. The summed E-state index contributed by atoms with van der Waals surface area (Å²) in [6.45, 7) is 7.60. The molecule has 1 saturated heterocycles. The highest BCUT2D eigenvalue weighted by Crippen LogP contribution is 2.40. The van der Waals surface area contributed by atoms with Crippen LogP contribution >= 0.6 is 0 Å². The van der Waals surface area contributed by atoms with Crippen molar-refractivity contribution in [3.05, 3.63) is 35.5 Å². The van der Waals surface area contributed by atoms with Gasteiger partial charge in [0.05, 0.1) is 18.8 Å². The maximum atomic E-state index is 3.86. The topological polar surface area (TPSA) is 20.2 Å². The number of hydrogen-bond donors (Lipinski definition) is 2. The van der Waals surface area contributed by atoms with E-state index >= 15 is 0 Å². The van der Waals surface area contributed by atoms with Crippen LogP contribution in [0.4, 0.5) is 0 Å². The molecule has 1 fully saturated rings. The number of fused-ring (bicyclic) bond motifs is 5. The van der Waals surface area contributed by atoms with E-state index in [0.29, 0.717) is 5.54 Å². The summed E-state index contributed by atoms with van der Waals surface area (Å²) in [6.07, 6.45) is 8.07. The molecule has 2 nitrogen and oxygen atoms in total. The summed E-state index contributed by atoms with van der Waals surface area (Å²) in [6, 6.07) is 8.93. The van der Waals surface area contributed by atoms with Crippen LogP contribution in [0.25, 0.3) is 10.9 Å². The Hall–Kier alpha value is -0.990. The number of hydrogen-bond acceptors (Lipinski definition) is 0. The Morgan fingerprint density at radius 3 is 2.83 bits per heavy atom. The van der Waals surface area contributed by atoms with E-state index in [1.54, 1.807) is 11.3 Å². The summed E-state index contributed by atoms with van der Waals surface area (Å²) < 4.78 is 0. The first kappa shape index (κ1) is 16.9. The van der Waals surface area contributed by atoms with E-state index in [0.717, 1.165) is 5.92 Å². The molecule has 2 aliphatic heterocycles. The van der Waals surface area contributed by atoms with Gasteiger partial charge in [0, 0.05) is 23.2 Å². The van der Waals surface area contributed by atoms with E-state index in [-0.39, 0.29) is 12.4 Å². The summed E-state index contributed by atoms with van der Waals surface area (Å²) in [5, 5.41) is 1.47. The van der Waals surface area contributed by atoms with Gasteiger partial charge in [-0.15, -0.1) is 0 Å². The lowest BCUT2D eigenvalue weighted by atomic mass is 9.72. The number of aromatic nitrogens is 1. The van der Waals surface area contributed by atoms with E-state index in [4.69, 9.17) is 0 Å². The van der Waals surface area contributed by atoms with Gasteiger partial charge in [0.1, 0.15) is 5.54 Å². The average molecular weight is 333 g/mol. The van der Waals surface area contributed by atoms with Crippen molar-refractivity contribution in [3.8, 4) is 0 Å². The second-order valence-corrected chi connectivity index (χ2v) is 7.56. The highest BCUT2D eigenvalue weighted by atomic mass is 35.5. The number of nitrogens with one attached hydrogen (secondary N) is 2. The zero-order valence-corrected chi connectivity index (χ0v) is 15.2. The maximum Gasteiger partial charge on any atom is 0.138 e. The van der Waals surface area contributed by atoms with Gasteiger partial charge in [-0.25, -0.2) is 0 Å². The molecule has 3 unspecified atom stereocenters. The number of rotatable bonds is 2. The van der Waals surface area contributed by atoms with Crippen molar-refractivity contribution in [2.75, 3.05) is 13.1 Å². The molecule has 1 aromatic carbocycles. The Morgan fingerprint density at radius 2 is 2.00 bits per heavy atom. The minimum absolute atomic E-state index is 0. The number of aryl methyl sites for hydroxylation is 1. The zero-order chi connectivity index (χ0) is 15.2. The van der Waals surface area contributed by atoms with Crippen LogP contribution in [0.15, 0.2) is 24.3 Å². The van der Waals surface area contributed by atoms with Crippen molar-refractivity contribution in [2.24, 2.45) is 5.92 Å². The molecule has 0 aliphatic carbocycles. The molecule has 3 heterocycles. The van der Waals surface area contributed by atoms with E-state index in [1.807, 2.05) is 4.90 Å². The van der Waals surface area contributed by atoms with Crippen LogP contribution in [-0.4, -0.2) is 18.1 Å². The van der Waals surface area contributed by atoms with Crippen LogP contribution in [-0.2, 0) is 12.0 Å². The zero-order valence-electron chi connectivity index (χ0n) is 14.4. The quantitative estimate of drug-likeness (QED) is 0.795.